The maximum absolute atomic E-state index is 13.5. The molecule has 8 nitrogen and oxygen atoms in total. The molecule has 1 unspecified atom stereocenters. The first kappa shape index (κ1) is 31.1. The molecule has 1 N–H and O–H groups in total. The highest BCUT2D eigenvalue weighted by Crippen LogP contribution is 2.34. The quantitative estimate of drug-likeness (QED) is 0.458. The van der Waals surface area contributed by atoms with Crippen LogP contribution < -0.4 is 5.32 Å². The summed E-state index contributed by atoms with van der Waals surface area (Å²) >= 11 is 0. The molecule has 2 aromatic rings. The monoisotopic (exact) mass is 586 g/mol. The van der Waals surface area contributed by atoms with Crippen LogP contribution in [-0.4, -0.2) is 78.5 Å². The van der Waals surface area contributed by atoms with Crippen LogP contribution in [0.3, 0.4) is 0 Å². The predicted octanol–water partition coefficient (Wildman–Crippen LogP) is 5.07. The Balaban J connectivity index is 1.60. The van der Waals surface area contributed by atoms with E-state index in [1.165, 1.54) is 12.1 Å². The molecule has 0 radical (unpaired) electrons. The number of alkyl halides is 3. The summed E-state index contributed by atoms with van der Waals surface area (Å²) in [6, 6.07) is 9.17. The van der Waals surface area contributed by atoms with Gasteiger partial charge in [0, 0.05) is 50.5 Å². The summed E-state index contributed by atoms with van der Waals surface area (Å²) in [5, 5.41) is 3.01. The Kier molecular flexibility index (Phi) is 9.60. The van der Waals surface area contributed by atoms with Gasteiger partial charge in [0.15, 0.2) is 0 Å². The highest BCUT2D eigenvalue weighted by molar-refractivity contribution is 5.95. The molecule has 2 aliphatic heterocycles. The number of urea groups is 1. The molecule has 1 atom stereocenters. The van der Waals surface area contributed by atoms with Crippen molar-refractivity contribution in [2.45, 2.75) is 46.3 Å². The van der Waals surface area contributed by atoms with Crippen molar-refractivity contribution in [2.75, 3.05) is 45.9 Å². The standard InChI is InChI=1S/C31H37F3N4O4/c1-5-38-25(26(29(40)42-6-2)27(35-30(38)41)24-18-20(3)8-9-21(24)4)19-36-14-7-15-37(17-16-36)28(39)22-10-12-23(13-11-22)31(32,33)34/h8-13,18,27H,5-7,14-17,19H2,1-4H3,(H,35,41). The summed E-state index contributed by atoms with van der Waals surface area (Å²) in [6.45, 7) is 10.1. The fourth-order valence-corrected chi connectivity index (χ4v) is 5.49. The number of ether oxygens (including phenoxy) is 1. The highest BCUT2D eigenvalue weighted by Gasteiger charge is 2.39. The molecule has 2 aromatic carbocycles. The lowest BCUT2D eigenvalue weighted by atomic mass is 9.90. The zero-order valence-corrected chi connectivity index (χ0v) is 24.4. The first-order chi connectivity index (χ1) is 19.9. The Morgan fingerprint density at radius 2 is 1.71 bits per heavy atom. The van der Waals surface area contributed by atoms with Gasteiger partial charge in [0.2, 0.25) is 0 Å². The number of amides is 3. The summed E-state index contributed by atoms with van der Waals surface area (Å²) < 4.78 is 44.4. The van der Waals surface area contributed by atoms with E-state index in [1.54, 1.807) is 16.7 Å². The van der Waals surface area contributed by atoms with Crippen LogP contribution in [0, 0.1) is 13.8 Å². The van der Waals surface area contributed by atoms with Crippen LogP contribution in [0.2, 0.25) is 0 Å². The van der Waals surface area contributed by atoms with E-state index in [9.17, 15) is 27.6 Å². The smallest absolute Gasteiger partial charge is 0.416 e. The number of carbonyl (C=O) groups is 3. The minimum atomic E-state index is -4.47. The normalized spacial score (nSPS) is 18.5. The van der Waals surface area contributed by atoms with E-state index in [4.69, 9.17) is 4.74 Å². The molecule has 3 amide bonds. The third-order valence-electron chi connectivity index (χ3n) is 7.70. The van der Waals surface area contributed by atoms with Crippen molar-refractivity contribution >= 4 is 17.9 Å². The van der Waals surface area contributed by atoms with Crippen molar-refractivity contribution in [3.05, 3.63) is 81.6 Å². The molecule has 1 saturated heterocycles. The van der Waals surface area contributed by atoms with E-state index in [2.05, 4.69) is 10.2 Å². The van der Waals surface area contributed by atoms with Gasteiger partial charge in [0.1, 0.15) is 0 Å². The van der Waals surface area contributed by atoms with E-state index < -0.39 is 23.8 Å². The maximum Gasteiger partial charge on any atom is 0.416 e. The van der Waals surface area contributed by atoms with Crippen molar-refractivity contribution in [3.8, 4) is 0 Å². The minimum absolute atomic E-state index is 0.180. The predicted molar refractivity (Wildman–Crippen MR) is 152 cm³/mol. The first-order valence-corrected chi connectivity index (χ1v) is 14.2. The number of halogens is 3. The lowest BCUT2D eigenvalue weighted by molar-refractivity contribution is -0.139. The lowest BCUT2D eigenvalue weighted by Crippen LogP contribution is -2.51. The Morgan fingerprint density at radius 3 is 2.36 bits per heavy atom. The molecule has 0 aromatic heterocycles. The first-order valence-electron chi connectivity index (χ1n) is 14.2. The maximum atomic E-state index is 13.5. The van der Waals surface area contributed by atoms with E-state index in [1.807, 2.05) is 39.0 Å². The minimum Gasteiger partial charge on any atom is -0.463 e. The average Bonchev–Trinajstić information content (AvgIpc) is 3.19. The molecule has 42 heavy (non-hydrogen) atoms. The molecule has 4 rings (SSSR count). The van der Waals surface area contributed by atoms with Crippen molar-refractivity contribution in [1.29, 1.82) is 0 Å². The van der Waals surface area contributed by atoms with E-state index in [0.717, 1.165) is 28.8 Å². The van der Waals surface area contributed by atoms with Gasteiger partial charge in [-0.15, -0.1) is 0 Å². The van der Waals surface area contributed by atoms with Gasteiger partial charge in [-0.2, -0.15) is 13.2 Å². The van der Waals surface area contributed by atoms with Gasteiger partial charge >= 0.3 is 18.2 Å². The number of carbonyl (C=O) groups excluding carboxylic acids is 3. The van der Waals surface area contributed by atoms with Crippen LogP contribution in [0.5, 0.6) is 0 Å². The van der Waals surface area contributed by atoms with Gasteiger partial charge in [0.05, 0.1) is 23.8 Å². The van der Waals surface area contributed by atoms with Crippen LogP contribution in [-0.2, 0) is 15.7 Å². The molecule has 0 aliphatic carbocycles. The molecule has 0 saturated carbocycles. The van der Waals surface area contributed by atoms with Crippen molar-refractivity contribution in [1.82, 2.24) is 20.0 Å². The Bertz CT molecular complexity index is 1360. The summed E-state index contributed by atoms with van der Waals surface area (Å²) in [5.74, 6) is -0.829. The average molecular weight is 587 g/mol. The topological polar surface area (TPSA) is 82.2 Å². The molecular formula is C31H37F3N4O4. The van der Waals surface area contributed by atoms with Crippen molar-refractivity contribution in [2.24, 2.45) is 0 Å². The second-order valence-corrected chi connectivity index (χ2v) is 10.6. The molecule has 226 valence electrons. The molecule has 0 spiro atoms. The van der Waals surface area contributed by atoms with Gasteiger partial charge in [-0.3, -0.25) is 14.6 Å². The zero-order valence-electron chi connectivity index (χ0n) is 24.4. The molecular weight excluding hydrogens is 549 g/mol. The number of hydrogen-bond donors (Lipinski definition) is 1. The number of nitrogens with one attached hydrogen (secondary N) is 1. The van der Waals surface area contributed by atoms with Crippen molar-refractivity contribution < 1.29 is 32.3 Å². The molecule has 2 heterocycles. The van der Waals surface area contributed by atoms with Gasteiger partial charge in [-0.25, -0.2) is 9.59 Å². The van der Waals surface area contributed by atoms with E-state index >= 15 is 0 Å². The van der Waals surface area contributed by atoms with Gasteiger partial charge in [-0.1, -0.05) is 23.8 Å². The van der Waals surface area contributed by atoms with Gasteiger partial charge in [-0.05, 0) is 69.5 Å². The number of likely N-dealkylation sites (N-methyl/N-ethyl adjacent to an activating group) is 1. The van der Waals surface area contributed by atoms with E-state index in [-0.39, 0.29) is 24.1 Å². The van der Waals surface area contributed by atoms with Gasteiger partial charge in [0.25, 0.3) is 5.91 Å². The van der Waals surface area contributed by atoms with Crippen molar-refractivity contribution in [3.63, 3.8) is 0 Å². The number of hydrogen-bond acceptors (Lipinski definition) is 5. The number of aryl methyl sites for hydroxylation is 2. The van der Waals surface area contributed by atoms with Gasteiger partial charge < -0.3 is 15.0 Å². The Labute approximate surface area is 244 Å². The number of rotatable bonds is 7. The summed E-state index contributed by atoms with van der Waals surface area (Å²) in [4.78, 5) is 45.2. The number of esters is 1. The van der Waals surface area contributed by atoms with Crippen LogP contribution in [0.4, 0.5) is 18.0 Å². The lowest BCUT2D eigenvalue weighted by Gasteiger charge is -2.38. The highest BCUT2D eigenvalue weighted by atomic mass is 19.4. The number of benzene rings is 2. The molecule has 0 bridgehead atoms. The van der Waals surface area contributed by atoms with Crippen LogP contribution >= 0.6 is 0 Å². The van der Waals surface area contributed by atoms with Crippen LogP contribution in [0.25, 0.3) is 0 Å². The number of nitrogens with zero attached hydrogens (tertiary/aromatic N) is 3. The Morgan fingerprint density at radius 1 is 1.00 bits per heavy atom. The van der Waals surface area contributed by atoms with E-state index in [0.29, 0.717) is 57.0 Å². The second-order valence-electron chi connectivity index (χ2n) is 10.6. The fraction of sp³-hybridized carbons (Fsp3) is 0.452. The Hall–Kier alpha value is -3.86. The summed E-state index contributed by atoms with van der Waals surface area (Å²) in [7, 11) is 0. The van der Waals surface area contributed by atoms with Crippen LogP contribution in [0.1, 0.15) is 58.9 Å². The fourth-order valence-electron chi connectivity index (χ4n) is 5.49. The summed E-state index contributed by atoms with van der Waals surface area (Å²) in [5.41, 5.74) is 3.09. The molecule has 2 aliphatic rings. The molecule has 1 fully saturated rings. The largest absolute Gasteiger partial charge is 0.463 e. The third-order valence-corrected chi connectivity index (χ3v) is 7.70. The van der Waals surface area contributed by atoms with Crippen LogP contribution in [0.15, 0.2) is 53.7 Å². The molecule has 11 heteroatoms. The summed E-state index contributed by atoms with van der Waals surface area (Å²) in [6.07, 6.45) is -3.85. The second kappa shape index (κ2) is 13.0. The SMILES string of the molecule is CCOC(=O)C1=C(CN2CCCN(C(=O)c3ccc(C(F)(F)F)cc3)CC2)N(CC)C(=O)NC1c1cc(C)ccc1C. The third kappa shape index (κ3) is 6.78. The zero-order chi connectivity index (χ0) is 30.6.